The minimum atomic E-state index is -0.483. The number of pyridine rings is 1. The number of amides is 1. The van der Waals surface area contributed by atoms with Gasteiger partial charge in [0.05, 0.1) is 5.56 Å². The van der Waals surface area contributed by atoms with Gasteiger partial charge in [-0.2, -0.15) is 0 Å². The van der Waals surface area contributed by atoms with E-state index in [0.717, 1.165) is 31.2 Å². The normalized spacial score (nSPS) is 18.7. The Balaban J connectivity index is 1.44. The summed E-state index contributed by atoms with van der Waals surface area (Å²) in [6.45, 7) is 2.16. The summed E-state index contributed by atoms with van der Waals surface area (Å²) in [6, 6.07) is 9.64. The molecule has 5 nitrogen and oxygen atoms in total. The van der Waals surface area contributed by atoms with Crippen LogP contribution in [0.25, 0.3) is 0 Å². The number of aromatic nitrogens is 1. The van der Waals surface area contributed by atoms with Gasteiger partial charge in [-0.15, -0.1) is 0 Å². The first-order valence-electron chi connectivity index (χ1n) is 9.97. The lowest BCUT2D eigenvalue weighted by Gasteiger charge is -2.27. The average Bonchev–Trinajstić information content (AvgIpc) is 3.50. The summed E-state index contributed by atoms with van der Waals surface area (Å²) >= 11 is 0. The van der Waals surface area contributed by atoms with E-state index < -0.39 is 5.91 Å². The van der Waals surface area contributed by atoms with Crippen molar-refractivity contribution in [2.24, 2.45) is 11.7 Å². The van der Waals surface area contributed by atoms with Gasteiger partial charge in [-0.25, -0.2) is 4.98 Å². The fourth-order valence-corrected chi connectivity index (χ4v) is 3.91. The number of benzene rings is 1. The van der Waals surface area contributed by atoms with E-state index >= 15 is 0 Å². The standard InChI is InChI=1S/C22H27N3O2/c23-22(26)17-9-10-21(25-14-17)27-20-6-2-4-18-16(3-1-5-19(18)20)13-24-12-11-15-7-8-15/h2,4,6,9-10,14-16,24H,1,3,5,7-8,11-13H2,(H2,23,26). The molecule has 27 heavy (non-hydrogen) atoms. The minimum Gasteiger partial charge on any atom is -0.439 e. The molecule has 0 bridgehead atoms. The van der Waals surface area contributed by atoms with Gasteiger partial charge in [0.15, 0.2) is 0 Å². The number of carbonyl (C=O) groups is 1. The molecular formula is C22H27N3O2. The molecule has 3 N–H and O–H groups in total. The van der Waals surface area contributed by atoms with E-state index in [1.807, 2.05) is 6.07 Å². The highest BCUT2D eigenvalue weighted by molar-refractivity contribution is 5.92. The maximum Gasteiger partial charge on any atom is 0.250 e. The average molecular weight is 365 g/mol. The molecule has 2 aromatic rings. The summed E-state index contributed by atoms with van der Waals surface area (Å²) in [5, 5.41) is 3.66. The van der Waals surface area contributed by atoms with E-state index in [9.17, 15) is 4.79 Å². The van der Waals surface area contributed by atoms with E-state index in [2.05, 4.69) is 22.4 Å². The number of carbonyl (C=O) groups excluding carboxylic acids is 1. The third-order valence-electron chi connectivity index (χ3n) is 5.64. The molecule has 1 amide bonds. The lowest BCUT2D eigenvalue weighted by Crippen LogP contribution is -2.25. The Morgan fingerprint density at radius 3 is 2.85 bits per heavy atom. The van der Waals surface area contributed by atoms with Crippen LogP contribution >= 0.6 is 0 Å². The summed E-state index contributed by atoms with van der Waals surface area (Å²) in [5.74, 6) is 2.39. The van der Waals surface area contributed by atoms with E-state index in [1.165, 1.54) is 49.4 Å². The summed E-state index contributed by atoms with van der Waals surface area (Å²) in [4.78, 5) is 15.4. The second-order valence-corrected chi connectivity index (χ2v) is 7.70. The minimum absolute atomic E-state index is 0.384. The van der Waals surface area contributed by atoms with Gasteiger partial charge in [-0.3, -0.25) is 4.79 Å². The van der Waals surface area contributed by atoms with Gasteiger partial charge in [0.1, 0.15) is 5.75 Å². The van der Waals surface area contributed by atoms with Crippen molar-refractivity contribution in [2.75, 3.05) is 13.1 Å². The number of rotatable bonds is 8. The highest BCUT2D eigenvalue weighted by Crippen LogP contribution is 2.38. The second kappa shape index (κ2) is 8.09. The predicted molar refractivity (Wildman–Crippen MR) is 105 cm³/mol. The molecule has 1 unspecified atom stereocenters. The van der Waals surface area contributed by atoms with Crippen LogP contribution in [-0.2, 0) is 6.42 Å². The van der Waals surface area contributed by atoms with Crippen LogP contribution in [0, 0.1) is 5.92 Å². The second-order valence-electron chi connectivity index (χ2n) is 7.70. The van der Waals surface area contributed by atoms with Gasteiger partial charge < -0.3 is 15.8 Å². The van der Waals surface area contributed by atoms with Crippen molar-refractivity contribution >= 4 is 5.91 Å². The van der Waals surface area contributed by atoms with Crippen molar-refractivity contribution in [3.05, 3.63) is 53.2 Å². The molecule has 4 rings (SSSR count). The first-order chi connectivity index (χ1) is 13.2. The Morgan fingerprint density at radius 1 is 1.22 bits per heavy atom. The number of fused-ring (bicyclic) bond motifs is 1. The fraction of sp³-hybridized carbons (Fsp3) is 0.455. The number of hydrogen-bond donors (Lipinski definition) is 2. The maximum absolute atomic E-state index is 11.2. The molecule has 2 aliphatic rings. The monoisotopic (exact) mass is 365 g/mol. The number of primary amides is 1. The van der Waals surface area contributed by atoms with Crippen LogP contribution in [0.2, 0.25) is 0 Å². The molecule has 1 atom stereocenters. The van der Waals surface area contributed by atoms with Crippen LogP contribution < -0.4 is 15.8 Å². The summed E-state index contributed by atoms with van der Waals surface area (Å²) in [7, 11) is 0. The maximum atomic E-state index is 11.2. The van der Waals surface area contributed by atoms with Crippen molar-refractivity contribution in [2.45, 2.75) is 44.4 Å². The third-order valence-corrected chi connectivity index (χ3v) is 5.64. The molecule has 142 valence electrons. The molecule has 5 heteroatoms. The number of nitrogens with one attached hydrogen (secondary N) is 1. The molecule has 0 aliphatic heterocycles. The lowest BCUT2D eigenvalue weighted by molar-refractivity contribution is 0.1000. The lowest BCUT2D eigenvalue weighted by atomic mass is 9.82. The first kappa shape index (κ1) is 18.0. The van der Waals surface area contributed by atoms with Crippen LogP contribution in [0.1, 0.15) is 59.5 Å². The van der Waals surface area contributed by atoms with E-state index in [1.54, 1.807) is 12.1 Å². The zero-order chi connectivity index (χ0) is 18.6. The topological polar surface area (TPSA) is 77.2 Å². The smallest absolute Gasteiger partial charge is 0.250 e. The largest absolute Gasteiger partial charge is 0.439 e. The molecule has 1 aromatic heterocycles. The van der Waals surface area contributed by atoms with Crippen molar-refractivity contribution in [1.82, 2.24) is 10.3 Å². The SMILES string of the molecule is NC(=O)c1ccc(Oc2cccc3c2CCCC3CNCCC2CC2)nc1. The fourth-order valence-electron chi connectivity index (χ4n) is 3.91. The Labute approximate surface area is 160 Å². The molecule has 2 aliphatic carbocycles. The number of ether oxygens (including phenoxy) is 1. The van der Waals surface area contributed by atoms with E-state index in [-0.39, 0.29) is 0 Å². The third kappa shape index (κ3) is 4.48. The van der Waals surface area contributed by atoms with Gasteiger partial charge in [-0.05, 0) is 67.3 Å². The van der Waals surface area contributed by atoms with Crippen LogP contribution in [0.5, 0.6) is 11.6 Å². The summed E-state index contributed by atoms with van der Waals surface area (Å²) in [6.07, 6.45) is 9.04. The van der Waals surface area contributed by atoms with Gasteiger partial charge in [0.25, 0.3) is 0 Å². The Morgan fingerprint density at radius 2 is 2.11 bits per heavy atom. The molecule has 1 heterocycles. The zero-order valence-corrected chi connectivity index (χ0v) is 15.6. The van der Waals surface area contributed by atoms with E-state index in [0.29, 0.717) is 17.4 Å². The predicted octanol–water partition coefficient (Wildman–Crippen LogP) is 3.78. The van der Waals surface area contributed by atoms with Gasteiger partial charge in [-0.1, -0.05) is 25.0 Å². The quantitative estimate of drug-likeness (QED) is 0.698. The van der Waals surface area contributed by atoms with Crippen LogP contribution in [-0.4, -0.2) is 24.0 Å². The van der Waals surface area contributed by atoms with Crippen molar-refractivity contribution in [3.63, 3.8) is 0 Å². The molecule has 1 aromatic carbocycles. The number of nitrogens with zero attached hydrogens (tertiary/aromatic N) is 1. The Hall–Kier alpha value is -2.40. The van der Waals surface area contributed by atoms with Gasteiger partial charge >= 0.3 is 0 Å². The molecule has 1 saturated carbocycles. The highest BCUT2D eigenvalue weighted by atomic mass is 16.5. The van der Waals surface area contributed by atoms with Crippen LogP contribution in [0.15, 0.2) is 36.5 Å². The molecular weight excluding hydrogens is 338 g/mol. The first-order valence-corrected chi connectivity index (χ1v) is 9.97. The number of hydrogen-bond acceptors (Lipinski definition) is 4. The molecule has 1 fully saturated rings. The molecule has 0 radical (unpaired) electrons. The van der Waals surface area contributed by atoms with Gasteiger partial charge in [0.2, 0.25) is 11.8 Å². The van der Waals surface area contributed by atoms with Crippen LogP contribution in [0.4, 0.5) is 0 Å². The Kier molecular flexibility index (Phi) is 5.39. The van der Waals surface area contributed by atoms with E-state index in [4.69, 9.17) is 10.5 Å². The van der Waals surface area contributed by atoms with Crippen LogP contribution in [0.3, 0.4) is 0 Å². The number of nitrogens with two attached hydrogens (primary N) is 1. The molecule has 0 saturated heterocycles. The van der Waals surface area contributed by atoms with Gasteiger partial charge in [0, 0.05) is 18.8 Å². The summed E-state index contributed by atoms with van der Waals surface area (Å²) in [5.41, 5.74) is 8.34. The van der Waals surface area contributed by atoms with Crippen molar-refractivity contribution < 1.29 is 9.53 Å². The Bertz CT molecular complexity index is 800. The van der Waals surface area contributed by atoms with Crippen molar-refractivity contribution in [3.8, 4) is 11.6 Å². The molecule has 0 spiro atoms. The zero-order valence-electron chi connectivity index (χ0n) is 15.6. The summed E-state index contributed by atoms with van der Waals surface area (Å²) < 4.78 is 6.04. The highest BCUT2D eigenvalue weighted by Gasteiger charge is 2.24. The van der Waals surface area contributed by atoms with Crippen molar-refractivity contribution in [1.29, 1.82) is 0 Å².